The summed E-state index contributed by atoms with van der Waals surface area (Å²) < 4.78 is 0. The molecule has 4 nitrogen and oxygen atoms in total. The minimum atomic E-state index is -0.327. The van der Waals surface area contributed by atoms with E-state index in [1.54, 1.807) is 13.1 Å². The second kappa shape index (κ2) is 5.20. The molecule has 108 valence electrons. The molecule has 2 aliphatic rings. The third-order valence-electron chi connectivity index (χ3n) is 4.30. The van der Waals surface area contributed by atoms with Crippen molar-refractivity contribution in [3.05, 3.63) is 54.6 Å². The highest BCUT2D eigenvalue weighted by Gasteiger charge is 2.50. The maximum absolute atomic E-state index is 12.4. The number of benzene rings is 1. The van der Waals surface area contributed by atoms with Crippen molar-refractivity contribution in [1.82, 2.24) is 4.90 Å². The van der Waals surface area contributed by atoms with Crippen LogP contribution in [0.1, 0.15) is 6.42 Å². The third kappa shape index (κ3) is 2.27. The Kier molecular flexibility index (Phi) is 3.37. The summed E-state index contributed by atoms with van der Waals surface area (Å²) in [5.41, 5.74) is 1.96. The minimum Gasteiger partial charge on any atom is -0.378 e. The first-order valence-corrected chi connectivity index (χ1v) is 7.08. The van der Waals surface area contributed by atoms with Crippen LogP contribution in [0.15, 0.2) is 54.6 Å². The molecule has 1 heterocycles. The van der Waals surface area contributed by atoms with Gasteiger partial charge in [0.2, 0.25) is 11.8 Å². The van der Waals surface area contributed by atoms with Gasteiger partial charge in [0.1, 0.15) is 0 Å². The second-order valence-electron chi connectivity index (χ2n) is 5.55. The lowest BCUT2D eigenvalue weighted by molar-refractivity contribution is -0.138. The monoisotopic (exact) mass is 282 g/mol. The molecule has 21 heavy (non-hydrogen) atoms. The number of amides is 2. The van der Waals surface area contributed by atoms with Crippen LogP contribution < -0.4 is 5.32 Å². The van der Waals surface area contributed by atoms with E-state index in [-0.39, 0.29) is 29.7 Å². The number of allylic oxidation sites excluding steroid dienone is 2. The first-order valence-electron chi connectivity index (χ1n) is 7.08. The van der Waals surface area contributed by atoms with Gasteiger partial charge in [-0.2, -0.15) is 0 Å². The van der Waals surface area contributed by atoms with E-state index in [2.05, 4.69) is 11.9 Å². The van der Waals surface area contributed by atoms with Gasteiger partial charge in [-0.05, 0) is 24.1 Å². The van der Waals surface area contributed by atoms with Gasteiger partial charge in [0.25, 0.3) is 0 Å². The van der Waals surface area contributed by atoms with Crippen molar-refractivity contribution in [2.75, 3.05) is 12.4 Å². The van der Waals surface area contributed by atoms with Crippen LogP contribution in [0.4, 0.5) is 5.69 Å². The average molecular weight is 282 g/mol. The third-order valence-corrected chi connectivity index (χ3v) is 4.30. The van der Waals surface area contributed by atoms with Crippen LogP contribution in [0.5, 0.6) is 0 Å². The number of para-hydroxylation sites is 1. The van der Waals surface area contributed by atoms with Crippen LogP contribution in [0.25, 0.3) is 0 Å². The number of hydrogen-bond acceptors (Lipinski definition) is 3. The molecule has 0 saturated carbocycles. The Morgan fingerprint density at radius 3 is 2.62 bits per heavy atom. The Labute approximate surface area is 124 Å². The highest BCUT2D eigenvalue weighted by atomic mass is 16.2. The molecule has 0 aromatic heterocycles. The van der Waals surface area contributed by atoms with Gasteiger partial charge in [-0.15, -0.1) is 0 Å². The highest BCUT2D eigenvalue weighted by molar-refractivity contribution is 6.06. The molecule has 1 aliphatic heterocycles. The predicted molar refractivity (Wildman–Crippen MR) is 81.5 cm³/mol. The summed E-state index contributed by atoms with van der Waals surface area (Å²) in [5.74, 6) is -0.789. The largest absolute Gasteiger partial charge is 0.378 e. The van der Waals surface area contributed by atoms with Gasteiger partial charge >= 0.3 is 0 Å². The van der Waals surface area contributed by atoms with Gasteiger partial charge < -0.3 is 5.32 Å². The summed E-state index contributed by atoms with van der Waals surface area (Å²) in [6, 6.07) is 9.55. The van der Waals surface area contributed by atoms with E-state index in [4.69, 9.17) is 0 Å². The van der Waals surface area contributed by atoms with Gasteiger partial charge in [0.05, 0.1) is 17.9 Å². The molecule has 0 radical (unpaired) electrons. The molecule has 0 bridgehead atoms. The van der Waals surface area contributed by atoms with Crippen LogP contribution in [0, 0.1) is 11.8 Å². The standard InChI is InChI=1S/C17H18N2O2/c1-3-11-9-13-15(17(21)19(2)16(13)20)14(10-11)18-12-7-5-4-6-8-12/h3-8,10,13-15,18H,1,9H2,2H3/t13-,14+,15-/m0/s1. The normalized spacial score (nSPS) is 28.1. The van der Waals surface area contributed by atoms with Gasteiger partial charge in [-0.25, -0.2) is 0 Å². The van der Waals surface area contributed by atoms with E-state index in [9.17, 15) is 9.59 Å². The zero-order valence-corrected chi connectivity index (χ0v) is 12.0. The number of hydrogen-bond donors (Lipinski definition) is 1. The Bertz CT molecular complexity index is 621. The molecule has 1 aromatic rings. The number of fused-ring (bicyclic) bond motifs is 1. The summed E-state index contributed by atoms with van der Waals surface area (Å²) in [5, 5.41) is 3.36. The number of rotatable bonds is 3. The van der Waals surface area contributed by atoms with E-state index in [1.807, 2.05) is 36.4 Å². The SMILES string of the molecule is C=CC1=C[C@@H](Nc2ccccc2)[C@H]2C(=O)N(C)C(=O)[C@H]2C1. The summed E-state index contributed by atoms with van der Waals surface area (Å²) in [6.45, 7) is 3.80. The van der Waals surface area contributed by atoms with Gasteiger partial charge in [-0.3, -0.25) is 14.5 Å². The average Bonchev–Trinajstić information content (AvgIpc) is 2.73. The van der Waals surface area contributed by atoms with E-state index < -0.39 is 0 Å². The maximum Gasteiger partial charge on any atom is 0.235 e. The number of nitrogens with one attached hydrogen (secondary N) is 1. The van der Waals surface area contributed by atoms with E-state index in [1.165, 1.54) is 4.90 Å². The molecule has 0 unspecified atom stereocenters. The highest BCUT2D eigenvalue weighted by Crippen LogP contribution is 2.38. The molecule has 2 amide bonds. The number of anilines is 1. The predicted octanol–water partition coefficient (Wildman–Crippen LogP) is 2.21. The van der Waals surface area contributed by atoms with Crippen molar-refractivity contribution in [2.24, 2.45) is 11.8 Å². The number of carbonyl (C=O) groups excluding carboxylic acids is 2. The fourth-order valence-corrected chi connectivity index (χ4v) is 3.19. The number of nitrogens with zero attached hydrogens (tertiary/aromatic N) is 1. The summed E-state index contributed by atoms with van der Waals surface area (Å²) in [6.07, 6.45) is 4.38. The quantitative estimate of drug-likeness (QED) is 0.865. The number of imide groups is 1. The van der Waals surface area contributed by atoms with Crippen LogP contribution in [-0.4, -0.2) is 29.8 Å². The number of carbonyl (C=O) groups is 2. The van der Waals surface area contributed by atoms with Crippen LogP contribution in [-0.2, 0) is 9.59 Å². The van der Waals surface area contributed by atoms with Gasteiger partial charge in [0, 0.05) is 12.7 Å². The van der Waals surface area contributed by atoms with Crippen LogP contribution in [0.3, 0.4) is 0 Å². The Hall–Kier alpha value is -2.36. The molecule has 1 fully saturated rings. The van der Waals surface area contributed by atoms with Crippen molar-refractivity contribution in [3.8, 4) is 0 Å². The zero-order chi connectivity index (χ0) is 15.0. The molecule has 4 heteroatoms. The summed E-state index contributed by atoms with van der Waals surface area (Å²) in [7, 11) is 1.57. The molecule has 1 saturated heterocycles. The van der Waals surface area contributed by atoms with E-state index in [0.29, 0.717) is 6.42 Å². The smallest absolute Gasteiger partial charge is 0.235 e. The molecule has 1 aliphatic carbocycles. The van der Waals surface area contributed by atoms with E-state index >= 15 is 0 Å². The molecular formula is C17H18N2O2. The molecule has 1 aromatic carbocycles. The van der Waals surface area contributed by atoms with Crippen LogP contribution >= 0.6 is 0 Å². The summed E-state index contributed by atoms with van der Waals surface area (Å²) >= 11 is 0. The molecule has 1 N–H and O–H groups in total. The van der Waals surface area contributed by atoms with Crippen molar-refractivity contribution >= 4 is 17.5 Å². The maximum atomic E-state index is 12.4. The number of likely N-dealkylation sites (tertiary alicyclic amines) is 1. The van der Waals surface area contributed by atoms with Gasteiger partial charge in [0.15, 0.2) is 0 Å². The Morgan fingerprint density at radius 2 is 1.95 bits per heavy atom. The van der Waals surface area contributed by atoms with Crippen molar-refractivity contribution < 1.29 is 9.59 Å². The zero-order valence-electron chi connectivity index (χ0n) is 12.0. The lowest BCUT2D eigenvalue weighted by Gasteiger charge is -2.30. The second-order valence-corrected chi connectivity index (χ2v) is 5.55. The fraction of sp³-hybridized carbons (Fsp3) is 0.294. The van der Waals surface area contributed by atoms with Crippen molar-refractivity contribution in [3.63, 3.8) is 0 Å². The van der Waals surface area contributed by atoms with E-state index in [0.717, 1.165) is 11.3 Å². The van der Waals surface area contributed by atoms with Crippen molar-refractivity contribution in [1.29, 1.82) is 0 Å². The lowest BCUT2D eigenvalue weighted by atomic mass is 9.78. The molecule has 3 rings (SSSR count). The van der Waals surface area contributed by atoms with Crippen LogP contribution in [0.2, 0.25) is 0 Å². The Morgan fingerprint density at radius 1 is 1.24 bits per heavy atom. The first-order chi connectivity index (χ1) is 10.1. The topological polar surface area (TPSA) is 49.4 Å². The minimum absolute atomic E-state index is 0.0858. The van der Waals surface area contributed by atoms with Gasteiger partial charge in [-0.1, -0.05) is 36.9 Å². The molecule has 3 atom stereocenters. The summed E-state index contributed by atoms with van der Waals surface area (Å²) in [4.78, 5) is 25.8. The van der Waals surface area contributed by atoms with Crippen molar-refractivity contribution in [2.45, 2.75) is 12.5 Å². The lowest BCUT2D eigenvalue weighted by Crippen LogP contribution is -2.38. The first kappa shape index (κ1) is 13.6. The Balaban J connectivity index is 1.94. The molecular weight excluding hydrogens is 264 g/mol. The molecule has 0 spiro atoms. The fourth-order valence-electron chi connectivity index (χ4n) is 3.19.